The summed E-state index contributed by atoms with van der Waals surface area (Å²) in [7, 11) is 3.31. The maximum absolute atomic E-state index is 13.7. The molecule has 0 bridgehead atoms. The van der Waals surface area contributed by atoms with Crippen molar-refractivity contribution in [1.82, 2.24) is 5.01 Å². The Kier molecular flexibility index (Phi) is 6.60. The first-order chi connectivity index (χ1) is 17.1. The SMILES string of the molecule is COc1ccc(/C=C2/CCCC3C2=NN(C(=O)c2cccc(Cl)c2)C3c2ccc(OC)cc2)cc1. The van der Waals surface area contributed by atoms with E-state index < -0.39 is 0 Å². The maximum atomic E-state index is 13.7. The number of hydrogen-bond donors (Lipinski definition) is 0. The topological polar surface area (TPSA) is 51.1 Å². The molecule has 2 aliphatic rings. The van der Waals surface area contributed by atoms with E-state index in [4.69, 9.17) is 26.2 Å². The molecule has 3 aromatic rings. The zero-order valence-corrected chi connectivity index (χ0v) is 20.5. The Hall–Kier alpha value is -3.57. The summed E-state index contributed by atoms with van der Waals surface area (Å²) in [6, 6.07) is 22.8. The molecule has 35 heavy (non-hydrogen) atoms. The molecule has 1 heterocycles. The van der Waals surface area contributed by atoms with E-state index in [9.17, 15) is 4.79 Å². The van der Waals surface area contributed by atoms with Crippen molar-refractivity contribution in [2.45, 2.75) is 25.3 Å². The Morgan fingerprint density at radius 1 is 1.00 bits per heavy atom. The monoisotopic (exact) mass is 486 g/mol. The van der Waals surface area contributed by atoms with Crippen LogP contribution in [0.2, 0.25) is 5.02 Å². The molecule has 1 aliphatic carbocycles. The van der Waals surface area contributed by atoms with Gasteiger partial charge in [0.15, 0.2) is 0 Å². The molecule has 1 amide bonds. The standard InChI is InChI=1S/C29H27ClN2O3/c1-34-24-13-9-19(10-14-24)17-21-5-4-8-26-27(21)31-32(29(33)22-6-3-7-23(30)18-22)28(26)20-11-15-25(35-2)16-12-20/h3,6-7,9-18,26,28H,4-5,8H2,1-2H3/b21-17-. The van der Waals surface area contributed by atoms with Gasteiger partial charge in [-0.25, -0.2) is 5.01 Å². The molecule has 0 radical (unpaired) electrons. The molecule has 3 aromatic carbocycles. The third-order valence-electron chi connectivity index (χ3n) is 6.70. The number of hydrogen-bond acceptors (Lipinski definition) is 4. The molecule has 0 N–H and O–H groups in total. The van der Waals surface area contributed by atoms with E-state index in [-0.39, 0.29) is 17.9 Å². The first kappa shape index (κ1) is 23.2. The van der Waals surface area contributed by atoms with Crippen LogP contribution in [0, 0.1) is 5.92 Å². The van der Waals surface area contributed by atoms with Gasteiger partial charge in [0.2, 0.25) is 0 Å². The van der Waals surface area contributed by atoms with Crippen molar-refractivity contribution in [1.29, 1.82) is 0 Å². The van der Waals surface area contributed by atoms with Gasteiger partial charge in [-0.3, -0.25) is 4.79 Å². The maximum Gasteiger partial charge on any atom is 0.274 e. The Labute approximate surface area is 210 Å². The van der Waals surface area contributed by atoms with Crippen LogP contribution >= 0.6 is 11.6 Å². The second kappa shape index (κ2) is 9.96. The van der Waals surface area contributed by atoms with Gasteiger partial charge in [0, 0.05) is 16.5 Å². The predicted octanol–water partition coefficient (Wildman–Crippen LogP) is 6.79. The Balaban J connectivity index is 1.56. The molecule has 0 aromatic heterocycles. The van der Waals surface area contributed by atoms with Crippen LogP contribution in [0.4, 0.5) is 0 Å². The second-order valence-electron chi connectivity index (χ2n) is 8.80. The Morgan fingerprint density at radius 2 is 1.69 bits per heavy atom. The fraction of sp³-hybridized carbons (Fsp3) is 0.241. The van der Waals surface area contributed by atoms with Crippen molar-refractivity contribution in [3.63, 3.8) is 0 Å². The number of carbonyl (C=O) groups is 1. The van der Waals surface area contributed by atoms with Gasteiger partial charge in [0.25, 0.3) is 5.91 Å². The van der Waals surface area contributed by atoms with Crippen molar-refractivity contribution in [3.05, 3.63) is 100 Å². The highest BCUT2D eigenvalue weighted by molar-refractivity contribution is 6.31. The lowest BCUT2D eigenvalue weighted by Gasteiger charge is -2.29. The molecule has 5 rings (SSSR count). The van der Waals surface area contributed by atoms with Crippen molar-refractivity contribution >= 4 is 29.3 Å². The number of carbonyl (C=O) groups excluding carboxylic acids is 1. The summed E-state index contributed by atoms with van der Waals surface area (Å²) in [5, 5.41) is 7.14. The summed E-state index contributed by atoms with van der Waals surface area (Å²) in [5.74, 6) is 1.57. The number of amides is 1. The van der Waals surface area contributed by atoms with Gasteiger partial charge >= 0.3 is 0 Å². The third-order valence-corrected chi connectivity index (χ3v) is 6.93. The Morgan fingerprint density at radius 3 is 2.34 bits per heavy atom. The highest BCUT2D eigenvalue weighted by Gasteiger charge is 2.44. The predicted molar refractivity (Wildman–Crippen MR) is 139 cm³/mol. The highest BCUT2D eigenvalue weighted by atomic mass is 35.5. The van der Waals surface area contributed by atoms with E-state index in [1.54, 1.807) is 43.5 Å². The zero-order chi connectivity index (χ0) is 24.4. The number of rotatable bonds is 5. The van der Waals surface area contributed by atoms with Crippen molar-refractivity contribution < 1.29 is 14.3 Å². The van der Waals surface area contributed by atoms with E-state index in [2.05, 4.69) is 6.08 Å². The van der Waals surface area contributed by atoms with Crippen molar-refractivity contribution in [2.24, 2.45) is 11.0 Å². The average Bonchev–Trinajstić information content (AvgIpc) is 3.29. The van der Waals surface area contributed by atoms with Crippen LogP contribution in [0.15, 0.2) is 83.5 Å². The molecule has 2 atom stereocenters. The molecule has 6 heteroatoms. The van der Waals surface area contributed by atoms with Gasteiger partial charge in [-0.1, -0.05) is 41.9 Å². The molecule has 0 saturated heterocycles. The molecule has 178 valence electrons. The van der Waals surface area contributed by atoms with Gasteiger partial charge in [-0.15, -0.1) is 0 Å². The van der Waals surface area contributed by atoms with Gasteiger partial charge in [0.05, 0.1) is 26.0 Å². The minimum absolute atomic E-state index is 0.116. The summed E-state index contributed by atoms with van der Waals surface area (Å²) in [5.41, 5.74) is 4.81. The summed E-state index contributed by atoms with van der Waals surface area (Å²) in [4.78, 5) is 13.7. The molecule has 1 saturated carbocycles. The summed E-state index contributed by atoms with van der Waals surface area (Å²) >= 11 is 6.20. The largest absolute Gasteiger partial charge is 0.497 e. The number of hydrazone groups is 1. The molecule has 2 unspecified atom stereocenters. The lowest BCUT2D eigenvalue weighted by molar-refractivity contribution is 0.0681. The number of fused-ring (bicyclic) bond motifs is 1. The minimum Gasteiger partial charge on any atom is -0.497 e. The van der Waals surface area contributed by atoms with Crippen LogP contribution < -0.4 is 9.47 Å². The van der Waals surface area contributed by atoms with E-state index in [0.717, 1.165) is 47.6 Å². The van der Waals surface area contributed by atoms with Gasteiger partial charge < -0.3 is 9.47 Å². The Bertz CT molecular complexity index is 1280. The van der Waals surface area contributed by atoms with E-state index >= 15 is 0 Å². The molecular weight excluding hydrogens is 460 g/mol. The van der Waals surface area contributed by atoms with Crippen molar-refractivity contribution in [3.8, 4) is 11.5 Å². The minimum atomic E-state index is -0.193. The van der Waals surface area contributed by atoms with Crippen LogP contribution in [-0.2, 0) is 0 Å². The number of methoxy groups -OCH3 is 2. The van der Waals surface area contributed by atoms with Crippen LogP contribution in [0.1, 0.15) is 46.8 Å². The number of benzene rings is 3. The van der Waals surface area contributed by atoms with Gasteiger partial charge in [-0.05, 0) is 84.5 Å². The first-order valence-electron chi connectivity index (χ1n) is 11.7. The van der Waals surface area contributed by atoms with Crippen molar-refractivity contribution in [2.75, 3.05) is 14.2 Å². The number of halogens is 1. The molecule has 5 nitrogen and oxygen atoms in total. The lowest BCUT2D eigenvalue weighted by Crippen LogP contribution is -2.31. The number of allylic oxidation sites excluding steroid dienone is 1. The van der Waals surface area contributed by atoms with Gasteiger partial charge in [0.1, 0.15) is 11.5 Å². The summed E-state index contributed by atoms with van der Waals surface area (Å²) in [6.07, 6.45) is 5.12. The van der Waals surface area contributed by atoms with Crippen LogP contribution in [-0.4, -0.2) is 30.8 Å². The van der Waals surface area contributed by atoms with E-state index in [1.807, 2.05) is 48.5 Å². The quantitative estimate of drug-likeness (QED) is 0.398. The summed E-state index contributed by atoms with van der Waals surface area (Å²) < 4.78 is 10.6. The normalized spacial score (nSPS) is 20.4. The molecule has 1 fully saturated rings. The number of ether oxygens (including phenoxy) is 2. The fourth-order valence-corrected chi connectivity index (χ4v) is 5.15. The fourth-order valence-electron chi connectivity index (χ4n) is 4.96. The number of nitrogens with zero attached hydrogens (tertiary/aromatic N) is 2. The third kappa shape index (κ3) is 4.69. The molecular formula is C29H27ClN2O3. The van der Waals surface area contributed by atoms with Crippen LogP contribution in [0.25, 0.3) is 6.08 Å². The summed E-state index contributed by atoms with van der Waals surface area (Å²) in [6.45, 7) is 0. The van der Waals surface area contributed by atoms with Gasteiger partial charge in [-0.2, -0.15) is 5.10 Å². The smallest absolute Gasteiger partial charge is 0.274 e. The molecule has 1 aliphatic heterocycles. The van der Waals surface area contributed by atoms with Crippen LogP contribution in [0.3, 0.4) is 0 Å². The van der Waals surface area contributed by atoms with Crippen LogP contribution in [0.5, 0.6) is 11.5 Å². The first-order valence-corrected chi connectivity index (χ1v) is 12.1. The van der Waals surface area contributed by atoms with E-state index in [1.165, 1.54) is 5.57 Å². The zero-order valence-electron chi connectivity index (χ0n) is 19.8. The molecule has 0 spiro atoms. The average molecular weight is 487 g/mol. The van der Waals surface area contributed by atoms with E-state index in [0.29, 0.717) is 10.6 Å². The second-order valence-corrected chi connectivity index (χ2v) is 9.24. The highest BCUT2D eigenvalue weighted by Crippen LogP contribution is 2.45. The lowest BCUT2D eigenvalue weighted by atomic mass is 9.77.